The van der Waals surface area contributed by atoms with Crippen molar-refractivity contribution in [2.24, 2.45) is 0 Å². The molecule has 0 fully saturated rings. The van der Waals surface area contributed by atoms with Crippen LogP contribution in [0.5, 0.6) is 0 Å². The molecule has 1 atom stereocenters. The molecule has 1 unspecified atom stereocenters. The molecule has 254 valence electrons. The van der Waals surface area contributed by atoms with Gasteiger partial charge in [0, 0.05) is 28.1 Å². The first-order valence-electron chi connectivity index (χ1n) is 18.4. The summed E-state index contributed by atoms with van der Waals surface area (Å²) < 4.78 is 0. The Morgan fingerprint density at radius 3 is 1.72 bits per heavy atom. The molecule has 8 aromatic carbocycles. The van der Waals surface area contributed by atoms with Crippen LogP contribution in [0, 0.1) is 0 Å². The molecule has 0 aromatic heterocycles. The molecule has 1 heteroatoms. The van der Waals surface area contributed by atoms with E-state index in [0.29, 0.717) is 0 Å². The number of rotatable bonds is 8. The smallest absolute Gasteiger partial charge is 0.0540 e. The van der Waals surface area contributed by atoms with E-state index >= 15 is 0 Å². The molecular formula is C52H41N. The summed E-state index contributed by atoms with van der Waals surface area (Å²) in [4.78, 5) is 2.41. The van der Waals surface area contributed by atoms with Gasteiger partial charge in [-0.1, -0.05) is 179 Å². The summed E-state index contributed by atoms with van der Waals surface area (Å²) in [5.74, 6) is 0.0701. The van der Waals surface area contributed by atoms with Gasteiger partial charge in [0.1, 0.15) is 0 Å². The topological polar surface area (TPSA) is 3.24 Å². The number of anilines is 3. The van der Waals surface area contributed by atoms with Crippen molar-refractivity contribution >= 4 is 50.8 Å². The van der Waals surface area contributed by atoms with Gasteiger partial charge in [0.25, 0.3) is 0 Å². The zero-order valence-corrected chi connectivity index (χ0v) is 30.3. The summed E-state index contributed by atoms with van der Waals surface area (Å²) in [6, 6.07) is 62.6. The molecule has 1 nitrogen and oxygen atoms in total. The first-order valence-corrected chi connectivity index (χ1v) is 18.4. The highest BCUT2D eigenvalue weighted by molar-refractivity contribution is 5.99. The van der Waals surface area contributed by atoms with E-state index in [1.165, 1.54) is 60.5 Å². The Kier molecular flexibility index (Phi) is 7.94. The Balaban J connectivity index is 1.19. The van der Waals surface area contributed by atoms with E-state index in [1.54, 1.807) is 0 Å². The molecule has 0 radical (unpaired) electrons. The fourth-order valence-electron chi connectivity index (χ4n) is 8.53. The Morgan fingerprint density at radius 2 is 1.02 bits per heavy atom. The molecule has 0 aliphatic heterocycles. The van der Waals surface area contributed by atoms with E-state index in [2.05, 4.69) is 202 Å². The lowest BCUT2D eigenvalue weighted by molar-refractivity contribution is 0.659. The number of fused-ring (bicyclic) bond motifs is 5. The lowest BCUT2D eigenvalue weighted by Gasteiger charge is -2.29. The van der Waals surface area contributed by atoms with Crippen LogP contribution in [0.25, 0.3) is 44.8 Å². The second kappa shape index (κ2) is 13.0. The first-order chi connectivity index (χ1) is 25.9. The molecule has 0 N–H and O–H groups in total. The Labute approximate surface area is 312 Å². The van der Waals surface area contributed by atoms with Crippen LogP contribution in [0.3, 0.4) is 0 Å². The van der Waals surface area contributed by atoms with Crippen LogP contribution in [0.4, 0.5) is 17.1 Å². The molecule has 1 aliphatic carbocycles. The van der Waals surface area contributed by atoms with Gasteiger partial charge < -0.3 is 4.90 Å². The molecule has 1 aliphatic rings. The van der Waals surface area contributed by atoms with Crippen LogP contribution in [-0.4, -0.2) is 0 Å². The zero-order valence-electron chi connectivity index (χ0n) is 30.3. The Morgan fingerprint density at radius 1 is 0.491 bits per heavy atom. The monoisotopic (exact) mass is 679 g/mol. The van der Waals surface area contributed by atoms with Crippen molar-refractivity contribution in [2.75, 3.05) is 4.90 Å². The largest absolute Gasteiger partial charge is 0.310 e. The van der Waals surface area contributed by atoms with Crippen molar-refractivity contribution in [1.29, 1.82) is 0 Å². The highest BCUT2D eigenvalue weighted by atomic mass is 15.1. The van der Waals surface area contributed by atoms with Gasteiger partial charge in [0.2, 0.25) is 0 Å². The normalized spacial score (nSPS) is 13.3. The minimum absolute atomic E-state index is 0.0701. The highest BCUT2D eigenvalue weighted by Gasteiger charge is 2.37. The molecule has 0 spiro atoms. The summed E-state index contributed by atoms with van der Waals surface area (Å²) in [5.41, 5.74) is 14.6. The van der Waals surface area contributed by atoms with Gasteiger partial charge in [0.15, 0.2) is 0 Å². The minimum atomic E-state index is -0.218. The molecule has 9 rings (SSSR count). The fraction of sp³-hybridized carbons (Fsp3) is 0.0769. The third-order valence-electron chi connectivity index (χ3n) is 11.3. The van der Waals surface area contributed by atoms with E-state index < -0.39 is 0 Å². The molecule has 0 amide bonds. The van der Waals surface area contributed by atoms with E-state index in [0.717, 1.165) is 28.2 Å². The van der Waals surface area contributed by atoms with Gasteiger partial charge in [-0.2, -0.15) is 0 Å². The van der Waals surface area contributed by atoms with Crippen molar-refractivity contribution in [2.45, 2.75) is 25.2 Å². The summed E-state index contributed by atoms with van der Waals surface area (Å²) in [5, 5.41) is 4.99. The maximum Gasteiger partial charge on any atom is 0.0540 e. The van der Waals surface area contributed by atoms with Crippen molar-refractivity contribution in [1.82, 2.24) is 0 Å². The molecule has 0 heterocycles. The van der Waals surface area contributed by atoms with Gasteiger partial charge in [-0.15, -0.1) is 0 Å². The van der Waals surface area contributed by atoms with Crippen LogP contribution >= 0.6 is 0 Å². The SMILES string of the molecule is C=Cc1ccc(C(c2ccc3c(c2)C(C)(C)c2cc(N(c4ccc(C=C)cc4)c4cccc5ccccc45)ccc2-3)c2cccc3ccccc23)cc1. The van der Waals surface area contributed by atoms with Crippen molar-refractivity contribution < 1.29 is 0 Å². The maximum atomic E-state index is 4.00. The third-order valence-corrected chi connectivity index (χ3v) is 11.3. The molecule has 0 saturated heterocycles. The van der Waals surface area contributed by atoms with Gasteiger partial charge in [-0.3, -0.25) is 0 Å². The molecule has 53 heavy (non-hydrogen) atoms. The van der Waals surface area contributed by atoms with Crippen LogP contribution in [0.1, 0.15) is 58.7 Å². The molecule has 0 saturated carbocycles. The maximum absolute atomic E-state index is 4.00. The van der Waals surface area contributed by atoms with Crippen LogP contribution in [-0.2, 0) is 5.41 Å². The summed E-state index contributed by atoms with van der Waals surface area (Å²) in [6.45, 7) is 12.8. The quantitative estimate of drug-likeness (QED) is 0.145. The summed E-state index contributed by atoms with van der Waals surface area (Å²) in [6.07, 6.45) is 3.81. The number of nitrogens with zero attached hydrogens (tertiary/aromatic N) is 1. The third kappa shape index (κ3) is 5.48. The second-order valence-electron chi connectivity index (χ2n) is 14.7. The van der Waals surface area contributed by atoms with Gasteiger partial charge in [0.05, 0.1) is 5.69 Å². The van der Waals surface area contributed by atoms with Crippen LogP contribution in [0.15, 0.2) is 183 Å². The number of hydrogen-bond acceptors (Lipinski definition) is 1. The standard InChI is InChI=1S/C52H41N/c1-5-35-21-25-39(26-22-35)51(47-19-11-15-37-13-7-9-17-43(37)47)40-27-31-45-46-32-30-42(34-49(46)52(3,4)48(45)33-40)53(41-28-23-36(6-2)24-29-41)50-20-12-16-38-14-8-10-18-44(38)50/h5-34,51H,1-2H2,3-4H3. The molecule has 0 bridgehead atoms. The zero-order chi connectivity index (χ0) is 36.1. The van der Waals surface area contributed by atoms with Crippen LogP contribution < -0.4 is 4.90 Å². The van der Waals surface area contributed by atoms with Crippen LogP contribution in [0.2, 0.25) is 0 Å². The second-order valence-corrected chi connectivity index (χ2v) is 14.7. The summed E-state index contributed by atoms with van der Waals surface area (Å²) in [7, 11) is 0. The number of benzene rings is 8. The van der Waals surface area contributed by atoms with Gasteiger partial charge in [-0.05, 0) is 96.6 Å². The average Bonchev–Trinajstić information content (AvgIpc) is 3.43. The predicted octanol–water partition coefficient (Wildman–Crippen LogP) is 14.2. The van der Waals surface area contributed by atoms with Crippen molar-refractivity contribution in [3.05, 3.63) is 222 Å². The van der Waals surface area contributed by atoms with Crippen molar-refractivity contribution in [3.63, 3.8) is 0 Å². The van der Waals surface area contributed by atoms with E-state index in [1.807, 2.05) is 12.2 Å². The Bertz CT molecular complexity index is 2480. The lowest BCUT2D eigenvalue weighted by atomic mass is 9.78. The van der Waals surface area contributed by atoms with Crippen molar-refractivity contribution in [3.8, 4) is 11.1 Å². The highest BCUT2D eigenvalue weighted by Crippen LogP contribution is 2.52. The number of hydrogen-bond donors (Lipinski definition) is 0. The van der Waals surface area contributed by atoms with Gasteiger partial charge >= 0.3 is 0 Å². The summed E-state index contributed by atoms with van der Waals surface area (Å²) >= 11 is 0. The van der Waals surface area contributed by atoms with E-state index in [-0.39, 0.29) is 11.3 Å². The minimum Gasteiger partial charge on any atom is -0.310 e. The molecular weight excluding hydrogens is 639 g/mol. The van der Waals surface area contributed by atoms with E-state index in [4.69, 9.17) is 0 Å². The average molecular weight is 680 g/mol. The molecule has 8 aromatic rings. The van der Waals surface area contributed by atoms with Gasteiger partial charge in [-0.25, -0.2) is 0 Å². The Hall–Kier alpha value is -6.44. The van der Waals surface area contributed by atoms with E-state index in [9.17, 15) is 0 Å². The lowest BCUT2D eigenvalue weighted by Crippen LogP contribution is -2.17. The fourth-order valence-corrected chi connectivity index (χ4v) is 8.53. The first kappa shape index (κ1) is 32.5. The predicted molar refractivity (Wildman–Crippen MR) is 228 cm³/mol.